The van der Waals surface area contributed by atoms with E-state index in [1.165, 1.54) is 0 Å². The number of aromatic nitrogens is 3. The van der Waals surface area contributed by atoms with E-state index >= 15 is 0 Å². The summed E-state index contributed by atoms with van der Waals surface area (Å²) in [4.78, 5) is 32.6. The van der Waals surface area contributed by atoms with Gasteiger partial charge in [0.05, 0.1) is 0 Å². The standard InChI is InChI=1S/C19H26N6O2/c1-3-17(25-9-5-8-22-25)19(27)21-14-16-6-4-7-20-18(16)24-12-10-23(11-13-24)15(2)26/h4-9,17H,3,10-14H2,1-2H3,(H,21,27). The largest absolute Gasteiger partial charge is 0.353 e. The van der Waals surface area contributed by atoms with Gasteiger partial charge in [-0.1, -0.05) is 13.0 Å². The third-order valence-electron chi connectivity index (χ3n) is 4.88. The van der Waals surface area contributed by atoms with Gasteiger partial charge >= 0.3 is 0 Å². The normalized spacial score (nSPS) is 15.5. The first-order chi connectivity index (χ1) is 13.1. The molecule has 0 saturated carbocycles. The zero-order valence-corrected chi connectivity index (χ0v) is 15.8. The van der Waals surface area contributed by atoms with E-state index in [-0.39, 0.29) is 17.9 Å². The van der Waals surface area contributed by atoms with Gasteiger partial charge in [-0.3, -0.25) is 14.3 Å². The zero-order chi connectivity index (χ0) is 19.2. The van der Waals surface area contributed by atoms with Crippen LogP contribution in [0.1, 0.15) is 31.9 Å². The Kier molecular flexibility index (Phi) is 6.05. The predicted octanol–water partition coefficient (Wildman–Crippen LogP) is 1.21. The number of hydrogen-bond donors (Lipinski definition) is 1. The Balaban J connectivity index is 1.64. The van der Waals surface area contributed by atoms with Crippen LogP contribution in [0.5, 0.6) is 0 Å². The lowest BCUT2D eigenvalue weighted by Crippen LogP contribution is -2.48. The van der Waals surface area contributed by atoms with Gasteiger partial charge in [-0.25, -0.2) is 4.98 Å². The van der Waals surface area contributed by atoms with Crippen molar-refractivity contribution >= 4 is 17.6 Å². The minimum Gasteiger partial charge on any atom is -0.353 e. The number of rotatable bonds is 6. The number of amides is 2. The average Bonchev–Trinajstić information content (AvgIpc) is 3.21. The van der Waals surface area contributed by atoms with Crippen LogP contribution in [0.15, 0.2) is 36.8 Å². The van der Waals surface area contributed by atoms with Crippen LogP contribution in [0.4, 0.5) is 5.82 Å². The molecule has 2 amide bonds. The molecule has 0 bridgehead atoms. The molecule has 27 heavy (non-hydrogen) atoms. The van der Waals surface area contributed by atoms with Crippen LogP contribution in [-0.4, -0.2) is 57.7 Å². The van der Waals surface area contributed by atoms with Crippen molar-refractivity contribution in [2.45, 2.75) is 32.9 Å². The van der Waals surface area contributed by atoms with Crippen molar-refractivity contribution in [1.82, 2.24) is 25.0 Å². The van der Waals surface area contributed by atoms with Crippen molar-refractivity contribution in [1.29, 1.82) is 0 Å². The highest BCUT2D eigenvalue weighted by molar-refractivity contribution is 5.80. The first-order valence-electron chi connectivity index (χ1n) is 9.31. The highest BCUT2D eigenvalue weighted by atomic mass is 16.2. The number of piperazine rings is 1. The monoisotopic (exact) mass is 370 g/mol. The van der Waals surface area contributed by atoms with Crippen LogP contribution >= 0.6 is 0 Å². The summed E-state index contributed by atoms with van der Waals surface area (Å²) in [6, 6.07) is 5.35. The molecule has 2 aromatic heterocycles. The van der Waals surface area contributed by atoms with E-state index in [9.17, 15) is 9.59 Å². The molecule has 0 spiro atoms. The molecule has 3 rings (SSSR count). The van der Waals surface area contributed by atoms with E-state index in [4.69, 9.17) is 0 Å². The summed E-state index contributed by atoms with van der Waals surface area (Å²) in [5.41, 5.74) is 0.970. The molecule has 1 fully saturated rings. The van der Waals surface area contributed by atoms with Gasteiger partial charge in [0, 0.05) is 63.8 Å². The molecule has 3 heterocycles. The van der Waals surface area contributed by atoms with E-state index in [0.29, 0.717) is 26.1 Å². The number of nitrogens with zero attached hydrogens (tertiary/aromatic N) is 5. The Morgan fingerprint density at radius 2 is 1.96 bits per heavy atom. The maximum atomic E-state index is 12.6. The minimum absolute atomic E-state index is 0.0580. The van der Waals surface area contributed by atoms with Crippen molar-refractivity contribution in [3.8, 4) is 0 Å². The first-order valence-corrected chi connectivity index (χ1v) is 9.31. The van der Waals surface area contributed by atoms with Crippen LogP contribution < -0.4 is 10.2 Å². The third-order valence-corrected chi connectivity index (χ3v) is 4.88. The highest BCUT2D eigenvalue weighted by Crippen LogP contribution is 2.19. The topological polar surface area (TPSA) is 83.4 Å². The second-order valence-corrected chi connectivity index (χ2v) is 6.61. The van der Waals surface area contributed by atoms with Crippen LogP contribution in [-0.2, 0) is 16.1 Å². The summed E-state index contributed by atoms with van der Waals surface area (Å²) in [5, 5.41) is 7.19. The fourth-order valence-electron chi connectivity index (χ4n) is 3.34. The Labute approximate surface area is 159 Å². The summed E-state index contributed by atoms with van der Waals surface area (Å²) in [7, 11) is 0. The fourth-order valence-corrected chi connectivity index (χ4v) is 3.34. The average molecular weight is 370 g/mol. The van der Waals surface area contributed by atoms with E-state index in [1.54, 1.807) is 30.2 Å². The van der Waals surface area contributed by atoms with Crippen LogP contribution in [0, 0.1) is 0 Å². The molecule has 144 valence electrons. The molecule has 1 unspecified atom stereocenters. The van der Waals surface area contributed by atoms with Crippen molar-refractivity contribution in [3.63, 3.8) is 0 Å². The third kappa shape index (κ3) is 4.45. The fraction of sp³-hybridized carbons (Fsp3) is 0.474. The van der Waals surface area contributed by atoms with Crippen molar-refractivity contribution < 1.29 is 9.59 Å². The molecule has 8 nitrogen and oxygen atoms in total. The molecule has 0 aromatic carbocycles. The predicted molar refractivity (Wildman–Crippen MR) is 102 cm³/mol. The van der Waals surface area contributed by atoms with Crippen molar-refractivity contribution in [3.05, 3.63) is 42.4 Å². The molecule has 0 radical (unpaired) electrons. The van der Waals surface area contributed by atoms with Gasteiger partial charge in [-0.05, 0) is 18.6 Å². The van der Waals surface area contributed by atoms with Crippen LogP contribution in [0.25, 0.3) is 0 Å². The molecule has 1 saturated heterocycles. The molecule has 2 aromatic rings. The summed E-state index contributed by atoms with van der Waals surface area (Å²) >= 11 is 0. The van der Waals surface area contributed by atoms with Gasteiger partial charge in [0.25, 0.3) is 0 Å². The van der Waals surface area contributed by atoms with E-state index in [1.807, 2.05) is 30.0 Å². The van der Waals surface area contributed by atoms with Crippen LogP contribution in [0.2, 0.25) is 0 Å². The van der Waals surface area contributed by atoms with E-state index in [0.717, 1.165) is 24.5 Å². The number of pyridine rings is 1. The van der Waals surface area contributed by atoms with Gasteiger partial charge in [-0.2, -0.15) is 5.10 Å². The lowest BCUT2D eigenvalue weighted by Gasteiger charge is -2.35. The maximum absolute atomic E-state index is 12.6. The minimum atomic E-state index is -0.320. The first kappa shape index (κ1) is 18.9. The summed E-state index contributed by atoms with van der Waals surface area (Å²) < 4.78 is 1.68. The SMILES string of the molecule is CCC(C(=O)NCc1cccnc1N1CCN(C(C)=O)CC1)n1cccn1. The highest BCUT2D eigenvalue weighted by Gasteiger charge is 2.22. The van der Waals surface area contributed by atoms with Gasteiger partial charge < -0.3 is 15.1 Å². The molecule has 1 atom stereocenters. The zero-order valence-electron chi connectivity index (χ0n) is 15.8. The Morgan fingerprint density at radius 1 is 1.19 bits per heavy atom. The Morgan fingerprint density at radius 3 is 2.59 bits per heavy atom. The van der Waals surface area contributed by atoms with Gasteiger partial charge in [-0.15, -0.1) is 0 Å². The molecule has 1 aliphatic heterocycles. The molecule has 1 aliphatic rings. The number of carbonyl (C=O) groups is 2. The summed E-state index contributed by atoms with van der Waals surface area (Å²) in [5.74, 6) is 0.915. The second-order valence-electron chi connectivity index (χ2n) is 6.61. The number of hydrogen-bond acceptors (Lipinski definition) is 5. The lowest BCUT2D eigenvalue weighted by atomic mass is 10.2. The summed E-state index contributed by atoms with van der Waals surface area (Å²) in [6.07, 6.45) is 5.91. The van der Waals surface area contributed by atoms with Gasteiger partial charge in [0.1, 0.15) is 11.9 Å². The molecule has 1 N–H and O–H groups in total. The number of anilines is 1. The van der Waals surface area contributed by atoms with Crippen molar-refractivity contribution in [2.24, 2.45) is 0 Å². The molecule has 0 aliphatic carbocycles. The maximum Gasteiger partial charge on any atom is 0.245 e. The lowest BCUT2D eigenvalue weighted by molar-refractivity contribution is -0.129. The smallest absolute Gasteiger partial charge is 0.245 e. The Bertz CT molecular complexity index is 768. The van der Waals surface area contributed by atoms with Gasteiger partial charge in [0.15, 0.2) is 0 Å². The quantitative estimate of drug-likeness (QED) is 0.826. The van der Waals surface area contributed by atoms with E-state index in [2.05, 4.69) is 20.3 Å². The number of nitrogens with one attached hydrogen (secondary N) is 1. The van der Waals surface area contributed by atoms with Crippen molar-refractivity contribution in [2.75, 3.05) is 31.1 Å². The summed E-state index contributed by atoms with van der Waals surface area (Å²) in [6.45, 7) is 6.83. The van der Waals surface area contributed by atoms with E-state index < -0.39 is 0 Å². The number of carbonyl (C=O) groups excluding carboxylic acids is 2. The molecular formula is C19H26N6O2. The van der Waals surface area contributed by atoms with Crippen LogP contribution in [0.3, 0.4) is 0 Å². The second kappa shape index (κ2) is 8.66. The molecular weight excluding hydrogens is 344 g/mol. The molecule has 8 heteroatoms. The van der Waals surface area contributed by atoms with Gasteiger partial charge in [0.2, 0.25) is 11.8 Å². The Hall–Kier alpha value is -2.90.